The van der Waals surface area contributed by atoms with Crippen molar-refractivity contribution < 1.29 is 13.4 Å². The molecule has 0 saturated carbocycles. The molecule has 102 valence electrons. The lowest BCUT2D eigenvalue weighted by Crippen LogP contribution is -2.30. The molecule has 2 aromatic heterocycles. The Morgan fingerprint density at radius 3 is 2.84 bits per heavy atom. The van der Waals surface area contributed by atoms with Crippen LogP contribution in [0.3, 0.4) is 0 Å². The molecular weight excluding hydrogens is 282 g/mol. The number of aryl methyl sites for hydroxylation is 1. The molecule has 0 aliphatic rings. The van der Waals surface area contributed by atoms with Crippen LogP contribution in [0.15, 0.2) is 39.2 Å². The van der Waals surface area contributed by atoms with Crippen molar-refractivity contribution >= 4 is 28.0 Å². The summed E-state index contributed by atoms with van der Waals surface area (Å²) >= 11 is 1.60. The lowest BCUT2D eigenvalue weighted by Gasteiger charge is -2.15. The van der Waals surface area contributed by atoms with E-state index in [9.17, 15) is 9.00 Å². The van der Waals surface area contributed by atoms with E-state index in [4.69, 9.17) is 4.42 Å². The first-order valence-electron chi connectivity index (χ1n) is 5.76. The zero-order chi connectivity index (χ0) is 13.8. The van der Waals surface area contributed by atoms with Crippen LogP contribution in [0.25, 0.3) is 0 Å². The molecule has 0 unspecified atom stereocenters. The second-order valence-electron chi connectivity index (χ2n) is 4.16. The first-order chi connectivity index (χ1) is 9.08. The summed E-state index contributed by atoms with van der Waals surface area (Å²) in [6.45, 7) is 2.30. The lowest BCUT2D eigenvalue weighted by molar-refractivity contribution is -0.127. The van der Waals surface area contributed by atoms with E-state index in [-0.39, 0.29) is 11.7 Å². The van der Waals surface area contributed by atoms with Crippen LogP contribution in [-0.2, 0) is 22.1 Å². The van der Waals surface area contributed by atoms with Crippen LogP contribution in [0.4, 0.5) is 0 Å². The van der Waals surface area contributed by atoms with Gasteiger partial charge in [0.05, 0.1) is 28.5 Å². The van der Waals surface area contributed by atoms with Gasteiger partial charge in [-0.2, -0.15) is 0 Å². The number of thiophene rings is 1. The summed E-state index contributed by atoms with van der Waals surface area (Å²) < 4.78 is 17.1. The Labute approximate surface area is 118 Å². The van der Waals surface area contributed by atoms with Crippen molar-refractivity contribution in [2.75, 3.05) is 12.8 Å². The standard InChI is InChI=1S/C13H15NO3S2/c1-10-12(5-6-17-10)19(16)9-13(15)14(2)8-11-4-3-7-18-11/h3-7H,8-9H2,1-2H3/t19-/m0/s1. The maximum Gasteiger partial charge on any atom is 0.235 e. The topological polar surface area (TPSA) is 50.5 Å². The van der Waals surface area contributed by atoms with E-state index >= 15 is 0 Å². The number of nitrogens with zero attached hydrogens (tertiary/aromatic N) is 1. The molecule has 0 radical (unpaired) electrons. The monoisotopic (exact) mass is 297 g/mol. The third-order valence-corrected chi connectivity index (χ3v) is 4.99. The number of hydrogen-bond donors (Lipinski definition) is 0. The molecule has 2 aromatic rings. The molecule has 1 amide bonds. The van der Waals surface area contributed by atoms with E-state index in [0.29, 0.717) is 17.2 Å². The minimum atomic E-state index is -1.34. The van der Waals surface area contributed by atoms with E-state index in [1.807, 2.05) is 17.5 Å². The smallest absolute Gasteiger partial charge is 0.235 e. The number of hydrogen-bond acceptors (Lipinski definition) is 4. The molecule has 2 rings (SSSR count). The lowest BCUT2D eigenvalue weighted by atomic mass is 10.4. The summed E-state index contributed by atoms with van der Waals surface area (Å²) in [5.74, 6) is 0.460. The number of rotatable bonds is 5. The van der Waals surface area contributed by atoms with E-state index in [1.165, 1.54) is 6.26 Å². The van der Waals surface area contributed by atoms with E-state index < -0.39 is 10.8 Å². The van der Waals surface area contributed by atoms with Gasteiger partial charge >= 0.3 is 0 Å². The first-order valence-corrected chi connectivity index (χ1v) is 7.96. The molecule has 0 aliphatic carbocycles. The van der Waals surface area contributed by atoms with Gasteiger partial charge in [-0.05, 0) is 24.4 Å². The van der Waals surface area contributed by atoms with E-state index in [0.717, 1.165) is 4.88 Å². The Bertz CT molecular complexity index is 574. The molecule has 0 fully saturated rings. The maximum absolute atomic E-state index is 12.1. The fourth-order valence-electron chi connectivity index (χ4n) is 1.63. The van der Waals surface area contributed by atoms with Gasteiger partial charge in [0.1, 0.15) is 11.5 Å². The van der Waals surface area contributed by atoms with Crippen molar-refractivity contribution in [3.05, 3.63) is 40.5 Å². The van der Waals surface area contributed by atoms with Gasteiger partial charge in [-0.15, -0.1) is 11.3 Å². The highest BCUT2D eigenvalue weighted by Gasteiger charge is 2.17. The largest absolute Gasteiger partial charge is 0.468 e. The predicted molar refractivity (Wildman–Crippen MR) is 75.5 cm³/mol. The van der Waals surface area contributed by atoms with Gasteiger partial charge in [-0.3, -0.25) is 9.00 Å². The van der Waals surface area contributed by atoms with Gasteiger partial charge in [-0.25, -0.2) is 0 Å². The van der Waals surface area contributed by atoms with Crippen LogP contribution in [-0.4, -0.2) is 27.8 Å². The van der Waals surface area contributed by atoms with E-state index in [1.54, 1.807) is 36.3 Å². The van der Waals surface area contributed by atoms with Crippen molar-refractivity contribution in [2.24, 2.45) is 0 Å². The summed E-state index contributed by atoms with van der Waals surface area (Å²) in [6, 6.07) is 5.58. The van der Waals surface area contributed by atoms with Crippen molar-refractivity contribution in [2.45, 2.75) is 18.4 Å². The predicted octanol–water partition coefficient (Wildman–Crippen LogP) is 2.42. The summed E-state index contributed by atoms with van der Waals surface area (Å²) in [4.78, 5) is 15.3. The van der Waals surface area contributed by atoms with Gasteiger partial charge in [0, 0.05) is 11.9 Å². The Balaban J connectivity index is 1.94. The number of carbonyl (C=O) groups excluding carboxylic acids is 1. The molecule has 0 N–H and O–H groups in total. The van der Waals surface area contributed by atoms with Crippen molar-refractivity contribution in [1.29, 1.82) is 0 Å². The molecule has 0 bridgehead atoms. The van der Waals surface area contributed by atoms with Crippen LogP contribution in [0.1, 0.15) is 10.6 Å². The highest BCUT2D eigenvalue weighted by atomic mass is 32.2. The molecule has 0 spiro atoms. The molecule has 19 heavy (non-hydrogen) atoms. The molecule has 0 aromatic carbocycles. The quantitative estimate of drug-likeness (QED) is 0.851. The molecule has 6 heteroatoms. The van der Waals surface area contributed by atoms with Gasteiger partial charge in [0.2, 0.25) is 5.91 Å². The Morgan fingerprint density at radius 2 is 2.26 bits per heavy atom. The zero-order valence-electron chi connectivity index (χ0n) is 10.8. The molecule has 4 nitrogen and oxygen atoms in total. The SMILES string of the molecule is Cc1occc1[S@@](=O)CC(=O)N(C)Cc1cccs1. The maximum atomic E-state index is 12.1. The summed E-state index contributed by atoms with van der Waals surface area (Å²) in [7, 11) is 0.379. The van der Waals surface area contributed by atoms with E-state index in [2.05, 4.69) is 0 Å². The molecular formula is C13H15NO3S2. The summed E-state index contributed by atoms with van der Waals surface area (Å²) in [5.41, 5.74) is 0. The van der Waals surface area contributed by atoms with Crippen LogP contribution in [0.5, 0.6) is 0 Å². The number of amides is 1. The minimum absolute atomic E-state index is 0.0117. The Morgan fingerprint density at radius 1 is 1.47 bits per heavy atom. The second kappa shape index (κ2) is 6.16. The zero-order valence-corrected chi connectivity index (χ0v) is 12.4. The third kappa shape index (κ3) is 3.54. The highest BCUT2D eigenvalue weighted by molar-refractivity contribution is 7.85. The average molecular weight is 297 g/mol. The Kier molecular flexibility index (Phi) is 4.55. The van der Waals surface area contributed by atoms with Crippen LogP contribution in [0.2, 0.25) is 0 Å². The van der Waals surface area contributed by atoms with Gasteiger partial charge in [0.15, 0.2) is 0 Å². The van der Waals surface area contributed by atoms with Crippen molar-refractivity contribution in [3.63, 3.8) is 0 Å². The van der Waals surface area contributed by atoms with Crippen LogP contribution < -0.4 is 0 Å². The fraction of sp³-hybridized carbons (Fsp3) is 0.308. The van der Waals surface area contributed by atoms with Gasteiger partial charge < -0.3 is 9.32 Å². The molecule has 2 heterocycles. The number of carbonyl (C=O) groups is 1. The van der Waals surface area contributed by atoms with Gasteiger partial charge in [-0.1, -0.05) is 6.07 Å². The second-order valence-corrected chi connectivity index (χ2v) is 6.61. The van der Waals surface area contributed by atoms with Crippen molar-refractivity contribution in [1.82, 2.24) is 4.90 Å². The Hall–Kier alpha value is -1.40. The molecule has 1 atom stereocenters. The fourth-order valence-corrected chi connectivity index (χ4v) is 3.57. The van der Waals surface area contributed by atoms with Crippen LogP contribution >= 0.6 is 11.3 Å². The van der Waals surface area contributed by atoms with Crippen molar-refractivity contribution in [3.8, 4) is 0 Å². The number of furan rings is 1. The summed E-state index contributed by atoms with van der Waals surface area (Å²) in [5, 5.41) is 1.97. The van der Waals surface area contributed by atoms with Crippen LogP contribution in [0, 0.1) is 6.92 Å². The summed E-state index contributed by atoms with van der Waals surface area (Å²) in [6.07, 6.45) is 1.49. The third-order valence-electron chi connectivity index (χ3n) is 2.71. The normalized spacial score (nSPS) is 12.3. The molecule has 0 saturated heterocycles. The minimum Gasteiger partial charge on any atom is -0.468 e. The first kappa shape index (κ1) is 14.0. The molecule has 0 aliphatic heterocycles. The van der Waals surface area contributed by atoms with Gasteiger partial charge in [0.25, 0.3) is 0 Å². The average Bonchev–Trinajstić information content (AvgIpc) is 3.00. The highest BCUT2D eigenvalue weighted by Crippen LogP contribution is 2.15.